The molecule has 8 heteroatoms. The average Bonchev–Trinajstić information content (AvgIpc) is 3.25. The molecule has 22 heavy (non-hydrogen) atoms. The molecule has 0 bridgehead atoms. The molecule has 3 aromatic rings. The summed E-state index contributed by atoms with van der Waals surface area (Å²) in [6.07, 6.45) is 5.35. The van der Waals surface area contributed by atoms with Crippen LogP contribution in [0.4, 0.5) is 5.82 Å². The van der Waals surface area contributed by atoms with Gasteiger partial charge in [0.25, 0.3) is 0 Å². The Morgan fingerprint density at radius 3 is 3.09 bits per heavy atom. The van der Waals surface area contributed by atoms with E-state index in [0.29, 0.717) is 5.89 Å². The molecule has 0 saturated carbocycles. The molecule has 114 valence electrons. The van der Waals surface area contributed by atoms with Gasteiger partial charge in [-0.05, 0) is 12.8 Å². The maximum absolute atomic E-state index is 5.49. The molecule has 1 atom stereocenters. The number of aromatic nitrogens is 6. The SMILES string of the molecule is CC(C)c1noc([C@@H]2CCCN2c2ncnc3[nH]ncc23)n1. The number of nitrogens with zero attached hydrogens (tertiary/aromatic N) is 6. The maximum atomic E-state index is 5.49. The molecule has 0 unspecified atom stereocenters. The Bertz CT molecular complexity index is 793. The van der Waals surface area contributed by atoms with Crippen LogP contribution in [0.2, 0.25) is 0 Å². The van der Waals surface area contributed by atoms with Crippen LogP contribution in [-0.4, -0.2) is 36.9 Å². The Morgan fingerprint density at radius 1 is 1.36 bits per heavy atom. The Kier molecular flexibility index (Phi) is 3.02. The van der Waals surface area contributed by atoms with E-state index < -0.39 is 0 Å². The number of hydrogen-bond acceptors (Lipinski definition) is 7. The van der Waals surface area contributed by atoms with E-state index in [9.17, 15) is 0 Å². The fraction of sp³-hybridized carbons (Fsp3) is 0.500. The molecular formula is C14H17N7O. The molecular weight excluding hydrogens is 282 g/mol. The molecule has 4 heterocycles. The molecule has 1 N–H and O–H groups in total. The van der Waals surface area contributed by atoms with E-state index in [1.807, 2.05) is 0 Å². The largest absolute Gasteiger partial charge is 0.344 e. The summed E-state index contributed by atoms with van der Waals surface area (Å²) in [5, 5.41) is 11.9. The highest BCUT2D eigenvalue weighted by Gasteiger charge is 2.33. The van der Waals surface area contributed by atoms with E-state index in [4.69, 9.17) is 4.52 Å². The lowest BCUT2D eigenvalue weighted by Crippen LogP contribution is -2.24. The zero-order valence-electron chi connectivity index (χ0n) is 12.5. The molecule has 0 radical (unpaired) electrons. The van der Waals surface area contributed by atoms with Crippen molar-refractivity contribution in [2.24, 2.45) is 0 Å². The van der Waals surface area contributed by atoms with Crippen molar-refractivity contribution in [1.82, 2.24) is 30.3 Å². The smallest absolute Gasteiger partial charge is 0.249 e. The van der Waals surface area contributed by atoms with Crippen LogP contribution in [0.15, 0.2) is 17.0 Å². The number of anilines is 1. The van der Waals surface area contributed by atoms with Crippen LogP contribution in [0.5, 0.6) is 0 Å². The van der Waals surface area contributed by atoms with Crippen LogP contribution in [0.25, 0.3) is 11.0 Å². The quantitative estimate of drug-likeness (QED) is 0.791. The summed E-state index contributed by atoms with van der Waals surface area (Å²) in [5.41, 5.74) is 0.740. The van der Waals surface area contributed by atoms with Crippen molar-refractivity contribution in [1.29, 1.82) is 0 Å². The normalized spacial score (nSPS) is 18.7. The number of rotatable bonds is 3. The van der Waals surface area contributed by atoms with E-state index in [2.05, 4.69) is 49.1 Å². The summed E-state index contributed by atoms with van der Waals surface area (Å²) in [4.78, 5) is 15.4. The van der Waals surface area contributed by atoms with Gasteiger partial charge in [-0.2, -0.15) is 10.1 Å². The van der Waals surface area contributed by atoms with Crippen LogP contribution in [0.1, 0.15) is 50.4 Å². The minimum absolute atomic E-state index is 0.0630. The summed E-state index contributed by atoms with van der Waals surface area (Å²) in [6.45, 7) is 5.02. The fourth-order valence-electron chi connectivity index (χ4n) is 2.88. The molecule has 0 aliphatic carbocycles. The molecule has 3 aromatic heterocycles. The Labute approximate surface area is 127 Å². The first-order chi connectivity index (χ1) is 10.7. The molecule has 0 spiro atoms. The van der Waals surface area contributed by atoms with Crippen LogP contribution in [0, 0.1) is 0 Å². The molecule has 1 fully saturated rings. The predicted molar refractivity (Wildman–Crippen MR) is 79.4 cm³/mol. The summed E-state index contributed by atoms with van der Waals surface area (Å²) in [5.74, 6) is 2.53. The van der Waals surface area contributed by atoms with Gasteiger partial charge in [0.1, 0.15) is 18.2 Å². The Balaban J connectivity index is 1.72. The molecule has 4 rings (SSSR count). The number of fused-ring (bicyclic) bond motifs is 1. The first-order valence-corrected chi connectivity index (χ1v) is 7.48. The second-order valence-electron chi connectivity index (χ2n) is 5.83. The van der Waals surface area contributed by atoms with Crippen molar-refractivity contribution in [3.8, 4) is 0 Å². The van der Waals surface area contributed by atoms with Gasteiger partial charge in [0.15, 0.2) is 11.5 Å². The first-order valence-electron chi connectivity index (χ1n) is 7.48. The van der Waals surface area contributed by atoms with E-state index in [0.717, 1.165) is 42.1 Å². The highest BCUT2D eigenvalue weighted by Crippen LogP contribution is 2.36. The lowest BCUT2D eigenvalue weighted by Gasteiger charge is -2.23. The van der Waals surface area contributed by atoms with E-state index in [-0.39, 0.29) is 12.0 Å². The van der Waals surface area contributed by atoms with Crippen LogP contribution >= 0.6 is 0 Å². The topological polar surface area (TPSA) is 96.6 Å². The van der Waals surface area contributed by atoms with Gasteiger partial charge in [0, 0.05) is 12.5 Å². The van der Waals surface area contributed by atoms with Crippen LogP contribution < -0.4 is 4.90 Å². The van der Waals surface area contributed by atoms with Crippen molar-refractivity contribution in [2.75, 3.05) is 11.4 Å². The Morgan fingerprint density at radius 2 is 2.27 bits per heavy atom. The monoisotopic (exact) mass is 299 g/mol. The predicted octanol–water partition coefficient (Wildman–Crippen LogP) is 2.20. The first kappa shape index (κ1) is 13.2. The second-order valence-corrected chi connectivity index (χ2v) is 5.83. The number of nitrogens with one attached hydrogen (secondary N) is 1. The minimum Gasteiger partial charge on any atom is -0.344 e. The third-order valence-corrected chi connectivity index (χ3v) is 4.01. The van der Waals surface area contributed by atoms with E-state index >= 15 is 0 Å². The van der Waals surface area contributed by atoms with Crippen molar-refractivity contribution in [3.05, 3.63) is 24.2 Å². The minimum atomic E-state index is 0.0630. The molecule has 0 amide bonds. The number of H-pyrrole nitrogens is 1. The van der Waals surface area contributed by atoms with Crippen molar-refractivity contribution < 1.29 is 4.52 Å². The summed E-state index contributed by atoms with van der Waals surface area (Å²) >= 11 is 0. The van der Waals surface area contributed by atoms with Crippen molar-refractivity contribution in [2.45, 2.75) is 38.6 Å². The second kappa shape index (κ2) is 5.04. The fourth-order valence-corrected chi connectivity index (χ4v) is 2.88. The van der Waals surface area contributed by atoms with Crippen LogP contribution in [-0.2, 0) is 0 Å². The summed E-state index contributed by atoms with van der Waals surface area (Å²) in [6, 6.07) is 0.0630. The average molecular weight is 299 g/mol. The third kappa shape index (κ3) is 2.02. The molecule has 1 aliphatic heterocycles. The molecule has 0 aromatic carbocycles. The van der Waals surface area contributed by atoms with Gasteiger partial charge in [0.05, 0.1) is 11.6 Å². The molecule has 1 aliphatic rings. The van der Waals surface area contributed by atoms with Gasteiger partial charge in [-0.1, -0.05) is 19.0 Å². The van der Waals surface area contributed by atoms with Gasteiger partial charge >= 0.3 is 0 Å². The standard InChI is InChI=1S/C14H17N7O/c1-8(2)11-18-14(22-20-11)10-4-3-5-21(10)13-9-6-17-19-12(9)15-7-16-13/h6-8,10H,3-5H2,1-2H3,(H,15,16,17,19)/t10-/m0/s1. The highest BCUT2D eigenvalue weighted by molar-refractivity contribution is 5.86. The highest BCUT2D eigenvalue weighted by atomic mass is 16.5. The van der Waals surface area contributed by atoms with Gasteiger partial charge < -0.3 is 9.42 Å². The van der Waals surface area contributed by atoms with Gasteiger partial charge in [-0.25, -0.2) is 9.97 Å². The maximum Gasteiger partial charge on any atom is 0.249 e. The van der Waals surface area contributed by atoms with Gasteiger partial charge in [-0.15, -0.1) is 0 Å². The lowest BCUT2D eigenvalue weighted by molar-refractivity contribution is 0.349. The third-order valence-electron chi connectivity index (χ3n) is 4.01. The van der Waals surface area contributed by atoms with Crippen molar-refractivity contribution >= 4 is 16.9 Å². The van der Waals surface area contributed by atoms with Crippen molar-refractivity contribution in [3.63, 3.8) is 0 Å². The number of aromatic amines is 1. The Hall–Kier alpha value is -2.51. The summed E-state index contributed by atoms with van der Waals surface area (Å²) < 4.78 is 5.49. The zero-order valence-corrected chi connectivity index (χ0v) is 12.5. The van der Waals surface area contributed by atoms with Crippen LogP contribution in [0.3, 0.4) is 0 Å². The van der Waals surface area contributed by atoms with Gasteiger partial charge in [0.2, 0.25) is 5.89 Å². The number of hydrogen-bond donors (Lipinski definition) is 1. The summed E-state index contributed by atoms with van der Waals surface area (Å²) in [7, 11) is 0. The lowest BCUT2D eigenvalue weighted by atomic mass is 10.2. The zero-order chi connectivity index (χ0) is 15.1. The van der Waals surface area contributed by atoms with E-state index in [1.54, 1.807) is 12.5 Å². The molecule has 8 nitrogen and oxygen atoms in total. The van der Waals surface area contributed by atoms with Gasteiger partial charge in [-0.3, -0.25) is 5.10 Å². The molecule has 1 saturated heterocycles. The van der Waals surface area contributed by atoms with E-state index in [1.165, 1.54) is 0 Å².